The average Bonchev–Trinajstić information content (AvgIpc) is 2.38. The molecule has 2 heterocycles. The molecule has 0 saturated carbocycles. The van der Waals surface area contributed by atoms with Gasteiger partial charge in [0, 0.05) is 27.2 Å². The SMILES string of the molecule is CC1CCN(c2ccc(C(=O)N(C)C)c(Cl)n2)CC1. The van der Waals surface area contributed by atoms with Crippen LogP contribution in [0.2, 0.25) is 5.15 Å². The third-order valence-corrected chi connectivity index (χ3v) is 3.87. The number of carbonyl (C=O) groups is 1. The molecule has 104 valence electrons. The van der Waals surface area contributed by atoms with Crippen molar-refractivity contribution in [2.24, 2.45) is 5.92 Å². The lowest BCUT2D eigenvalue weighted by Crippen LogP contribution is -2.33. The number of nitrogens with zero attached hydrogens (tertiary/aromatic N) is 3. The van der Waals surface area contributed by atoms with Crippen molar-refractivity contribution >= 4 is 23.3 Å². The largest absolute Gasteiger partial charge is 0.357 e. The van der Waals surface area contributed by atoms with E-state index in [9.17, 15) is 4.79 Å². The molecule has 0 aliphatic carbocycles. The standard InChI is InChI=1S/C14H20ClN3O/c1-10-6-8-18(9-7-10)12-5-4-11(13(15)16-12)14(19)17(2)3/h4-5,10H,6-9H2,1-3H3. The van der Waals surface area contributed by atoms with E-state index in [1.54, 1.807) is 20.2 Å². The fourth-order valence-corrected chi connectivity index (χ4v) is 2.47. The molecule has 5 heteroatoms. The molecular weight excluding hydrogens is 262 g/mol. The first-order chi connectivity index (χ1) is 8.99. The Morgan fingerprint density at radius 1 is 1.37 bits per heavy atom. The number of amides is 1. The molecule has 0 unspecified atom stereocenters. The molecule has 1 fully saturated rings. The molecular formula is C14H20ClN3O. The molecule has 1 aromatic rings. The fraction of sp³-hybridized carbons (Fsp3) is 0.571. The minimum absolute atomic E-state index is 0.115. The summed E-state index contributed by atoms with van der Waals surface area (Å²) in [5.74, 6) is 1.53. The number of carbonyl (C=O) groups excluding carboxylic acids is 1. The maximum atomic E-state index is 11.9. The van der Waals surface area contributed by atoms with Crippen LogP contribution >= 0.6 is 11.6 Å². The van der Waals surface area contributed by atoms with Gasteiger partial charge in [-0.15, -0.1) is 0 Å². The number of pyridine rings is 1. The van der Waals surface area contributed by atoms with Crippen LogP contribution in [-0.4, -0.2) is 43.0 Å². The second-order valence-corrected chi connectivity index (χ2v) is 5.73. The quantitative estimate of drug-likeness (QED) is 0.782. The predicted octanol–water partition coefficient (Wildman–Crippen LogP) is 2.67. The first-order valence-electron chi connectivity index (χ1n) is 6.62. The van der Waals surface area contributed by atoms with Gasteiger partial charge in [0.15, 0.2) is 0 Å². The van der Waals surface area contributed by atoms with E-state index < -0.39 is 0 Å². The zero-order valence-electron chi connectivity index (χ0n) is 11.7. The summed E-state index contributed by atoms with van der Waals surface area (Å²) in [6, 6.07) is 3.66. The van der Waals surface area contributed by atoms with Crippen LogP contribution in [0, 0.1) is 5.92 Å². The van der Waals surface area contributed by atoms with Gasteiger partial charge in [-0.05, 0) is 30.9 Å². The number of aromatic nitrogens is 1. The molecule has 4 nitrogen and oxygen atoms in total. The Kier molecular flexibility index (Phi) is 4.30. The monoisotopic (exact) mass is 281 g/mol. The van der Waals surface area contributed by atoms with E-state index in [2.05, 4.69) is 16.8 Å². The lowest BCUT2D eigenvalue weighted by atomic mass is 9.99. The maximum Gasteiger partial charge on any atom is 0.256 e. The van der Waals surface area contributed by atoms with Gasteiger partial charge in [0.25, 0.3) is 5.91 Å². The average molecular weight is 282 g/mol. The van der Waals surface area contributed by atoms with Gasteiger partial charge in [0.05, 0.1) is 5.56 Å². The first kappa shape index (κ1) is 14.1. The summed E-state index contributed by atoms with van der Waals surface area (Å²) in [6.07, 6.45) is 2.36. The molecule has 0 aromatic carbocycles. The normalized spacial score (nSPS) is 16.5. The van der Waals surface area contributed by atoms with Crippen LogP contribution in [-0.2, 0) is 0 Å². The number of piperidine rings is 1. The molecule has 1 aromatic heterocycles. The zero-order valence-corrected chi connectivity index (χ0v) is 12.4. The summed E-state index contributed by atoms with van der Waals surface area (Å²) >= 11 is 6.13. The van der Waals surface area contributed by atoms with Crippen molar-refractivity contribution in [1.29, 1.82) is 0 Å². The Bertz CT molecular complexity index is 468. The van der Waals surface area contributed by atoms with E-state index >= 15 is 0 Å². The highest BCUT2D eigenvalue weighted by Crippen LogP contribution is 2.24. The molecule has 19 heavy (non-hydrogen) atoms. The highest BCUT2D eigenvalue weighted by Gasteiger charge is 2.19. The summed E-state index contributed by atoms with van der Waals surface area (Å²) in [6.45, 7) is 4.29. The van der Waals surface area contributed by atoms with Crippen LogP contribution in [0.15, 0.2) is 12.1 Å². The van der Waals surface area contributed by atoms with Crippen LogP contribution in [0.5, 0.6) is 0 Å². The number of hydrogen-bond donors (Lipinski definition) is 0. The van der Waals surface area contributed by atoms with Crippen molar-refractivity contribution in [1.82, 2.24) is 9.88 Å². The lowest BCUT2D eigenvalue weighted by molar-refractivity contribution is 0.0827. The Morgan fingerprint density at radius 3 is 2.53 bits per heavy atom. The lowest BCUT2D eigenvalue weighted by Gasteiger charge is -2.31. The third kappa shape index (κ3) is 3.18. The van der Waals surface area contributed by atoms with Gasteiger partial charge in [-0.3, -0.25) is 4.79 Å². The third-order valence-electron chi connectivity index (χ3n) is 3.58. The molecule has 0 N–H and O–H groups in total. The van der Waals surface area contributed by atoms with Crippen molar-refractivity contribution in [2.75, 3.05) is 32.1 Å². The Morgan fingerprint density at radius 2 is 2.00 bits per heavy atom. The smallest absolute Gasteiger partial charge is 0.256 e. The summed E-state index contributed by atoms with van der Waals surface area (Å²) in [7, 11) is 3.41. The molecule has 0 atom stereocenters. The van der Waals surface area contributed by atoms with Gasteiger partial charge in [-0.25, -0.2) is 4.98 Å². The van der Waals surface area contributed by atoms with Crippen LogP contribution in [0.3, 0.4) is 0 Å². The van der Waals surface area contributed by atoms with Crippen LogP contribution in [0.25, 0.3) is 0 Å². The van der Waals surface area contributed by atoms with Crippen LogP contribution < -0.4 is 4.90 Å². The van der Waals surface area contributed by atoms with Gasteiger partial charge in [-0.1, -0.05) is 18.5 Å². The molecule has 1 saturated heterocycles. The van der Waals surface area contributed by atoms with Crippen molar-refractivity contribution < 1.29 is 4.79 Å². The number of rotatable bonds is 2. The van der Waals surface area contributed by atoms with Crippen molar-refractivity contribution in [3.05, 3.63) is 22.8 Å². The van der Waals surface area contributed by atoms with E-state index in [1.165, 1.54) is 17.7 Å². The van der Waals surface area contributed by atoms with Gasteiger partial charge in [0.1, 0.15) is 11.0 Å². The Labute approximate surface area is 119 Å². The first-order valence-corrected chi connectivity index (χ1v) is 7.00. The summed E-state index contributed by atoms with van der Waals surface area (Å²) in [5.41, 5.74) is 0.459. The Hall–Kier alpha value is -1.29. The number of halogens is 1. The molecule has 2 rings (SSSR count). The number of anilines is 1. The van der Waals surface area contributed by atoms with Crippen molar-refractivity contribution in [3.8, 4) is 0 Å². The van der Waals surface area contributed by atoms with Gasteiger partial charge in [-0.2, -0.15) is 0 Å². The van der Waals surface area contributed by atoms with E-state index in [1.807, 2.05) is 6.07 Å². The van der Waals surface area contributed by atoms with Crippen LogP contribution in [0.1, 0.15) is 30.1 Å². The minimum atomic E-state index is -0.115. The van der Waals surface area contributed by atoms with E-state index in [4.69, 9.17) is 11.6 Å². The summed E-state index contributed by atoms with van der Waals surface area (Å²) in [5, 5.41) is 0.287. The molecule has 0 radical (unpaired) electrons. The van der Waals surface area contributed by atoms with E-state index in [0.29, 0.717) is 5.56 Å². The second-order valence-electron chi connectivity index (χ2n) is 5.38. The summed E-state index contributed by atoms with van der Waals surface area (Å²) in [4.78, 5) is 20.0. The van der Waals surface area contributed by atoms with E-state index in [-0.39, 0.29) is 11.1 Å². The fourth-order valence-electron chi connectivity index (χ4n) is 2.24. The topological polar surface area (TPSA) is 36.4 Å². The van der Waals surface area contributed by atoms with Crippen LogP contribution in [0.4, 0.5) is 5.82 Å². The zero-order chi connectivity index (χ0) is 14.0. The predicted molar refractivity (Wildman–Crippen MR) is 77.9 cm³/mol. The molecule has 1 amide bonds. The van der Waals surface area contributed by atoms with Gasteiger partial charge >= 0.3 is 0 Å². The second kappa shape index (κ2) is 5.78. The minimum Gasteiger partial charge on any atom is -0.357 e. The highest BCUT2D eigenvalue weighted by atomic mass is 35.5. The van der Waals surface area contributed by atoms with E-state index in [0.717, 1.165) is 24.8 Å². The Balaban J connectivity index is 2.17. The number of hydrogen-bond acceptors (Lipinski definition) is 3. The van der Waals surface area contributed by atoms with Gasteiger partial charge < -0.3 is 9.80 Å². The molecule has 1 aliphatic heterocycles. The van der Waals surface area contributed by atoms with Crippen molar-refractivity contribution in [2.45, 2.75) is 19.8 Å². The van der Waals surface area contributed by atoms with Gasteiger partial charge in [0.2, 0.25) is 0 Å². The molecule has 0 spiro atoms. The molecule has 0 bridgehead atoms. The summed E-state index contributed by atoms with van der Waals surface area (Å²) < 4.78 is 0. The maximum absolute atomic E-state index is 11.9. The molecule has 1 aliphatic rings. The highest BCUT2D eigenvalue weighted by molar-refractivity contribution is 6.32. The van der Waals surface area contributed by atoms with Crippen molar-refractivity contribution in [3.63, 3.8) is 0 Å².